The molecule has 1 atom stereocenters. The van der Waals surface area contributed by atoms with E-state index in [0.717, 1.165) is 29.3 Å². The van der Waals surface area contributed by atoms with E-state index < -0.39 is 0 Å². The van der Waals surface area contributed by atoms with Crippen molar-refractivity contribution < 1.29 is 9.47 Å². The average molecular weight is 289 g/mol. The van der Waals surface area contributed by atoms with Crippen molar-refractivity contribution in [2.24, 2.45) is 7.05 Å². The maximum Gasteiger partial charge on any atom is 0.161 e. The van der Waals surface area contributed by atoms with Crippen LogP contribution in [0.15, 0.2) is 24.4 Å². The summed E-state index contributed by atoms with van der Waals surface area (Å²) >= 11 is 0. The molecule has 2 aromatic rings. The molecule has 0 aliphatic rings. The van der Waals surface area contributed by atoms with Crippen molar-refractivity contribution in [3.63, 3.8) is 0 Å². The van der Waals surface area contributed by atoms with Crippen LogP contribution in [0.4, 0.5) is 0 Å². The first-order valence-electron chi connectivity index (χ1n) is 7.06. The number of nitrogens with zero attached hydrogens (tertiary/aromatic N) is 2. The first kappa shape index (κ1) is 15.4. The number of aryl methyl sites for hydroxylation is 2. The van der Waals surface area contributed by atoms with Crippen LogP contribution in [0.3, 0.4) is 0 Å². The van der Waals surface area contributed by atoms with Gasteiger partial charge in [-0.1, -0.05) is 24.6 Å². The second kappa shape index (κ2) is 6.63. The van der Waals surface area contributed by atoms with Gasteiger partial charge in [0.1, 0.15) is 11.4 Å². The summed E-state index contributed by atoms with van der Waals surface area (Å²) in [5.74, 6) is 1.63. The molecule has 0 spiro atoms. The molecule has 0 aliphatic carbocycles. The van der Waals surface area contributed by atoms with Gasteiger partial charge in [0.2, 0.25) is 0 Å². The number of aromatic nitrogens is 2. The minimum absolute atomic E-state index is 0.0349. The summed E-state index contributed by atoms with van der Waals surface area (Å²) < 4.78 is 12.8. The van der Waals surface area contributed by atoms with E-state index in [9.17, 15) is 0 Å². The van der Waals surface area contributed by atoms with E-state index in [1.54, 1.807) is 20.4 Å². The van der Waals surface area contributed by atoms with Crippen molar-refractivity contribution in [1.29, 1.82) is 0 Å². The fourth-order valence-electron chi connectivity index (χ4n) is 2.55. The highest BCUT2D eigenvalue weighted by atomic mass is 16.5. The zero-order chi connectivity index (χ0) is 15.4. The summed E-state index contributed by atoms with van der Waals surface area (Å²) in [6.45, 7) is 4.99. The summed E-state index contributed by atoms with van der Waals surface area (Å²) in [6, 6.07) is 6.15. The van der Waals surface area contributed by atoms with Crippen LogP contribution in [-0.4, -0.2) is 30.5 Å². The minimum atomic E-state index is -0.0349. The molecule has 1 heterocycles. The largest absolute Gasteiger partial charge is 0.496 e. The number of rotatable bonds is 6. The quantitative estimate of drug-likeness (QED) is 0.887. The Labute approximate surface area is 125 Å². The number of nitrogens with one attached hydrogen (secondary N) is 1. The van der Waals surface area contributed by atoms with Gasteiger partial charge >= 0.3 is 0 Å². The molecule has 1 N–H and O–H groups in total. The van der Waals surface area contributed by atoms with Crippen LogP contribution in [0.25, 0.3) is 0 Å². The molecule has 1 unspecified atom stereocenters. The lowest BCUT2D eigenvalue weighted by Gasteiger charge is -2.22. The van der Waals surface area contributed by atoms with Gasteiger partial charge in [-0.2, -0.15) is 5.10 Å². The van der Waals surface area contributed by atoms with Gasteiger partial charge in [-0.15, -0.1) is 0 Å². The molecule has 0 fully saturated rings. The number of methoxy groups -OCH3 is 2. The van der Waals surface area contributed by atoms with Gasteiger partial charge in [-0.05, 0) is 19.5 Å². The molecule has 2 rings (SSSR count). The highest BCUT2D eigenvalue weighted by molar-refractivity contribution is 5.45. The fourth-order valence-corrected chi connectivity index (χ4v) is 2.55. The molecule has 5 heteroatoms. The minimum Gasteiger partial charge on any atom is -0.496 e. The Morgan fingerprint density at radius 2 is 1.95 bits per heavy atom. The van der Waals surface area contributed by atoms with Crippen LogP contribution < -0.4 is 14.8 Å². The van der Waals surface area contributed by atoms with E-state index in [-0.39, 0.29) is 6.04 Å². The molecular formula is C16H23N3O2. The Kier molecular flexibility index (Phi) is 4.85. The highest BCUT2D eigenvalue weighted by Crippen LogP contribution is 2.34. The van der Waals surface area contributed by atoms with Gasteiger partial charge in [0.05, 0.1) is 26.5 Å². The Hall–Kier alpha value is -2.01. The molecule has 0 amide bonds. The molecule has 0 saturated heterocycles. The Balaban J connectivity index is 2.58. The third-order valence-corrected chi connectivity index (χ3v) is 3.55. The third-order valence-electron chi connectivity index (χ3n) is 3.55. The van der Waals surface area contributed by atoms with Gasteiger partial charge < -0.3 is 14.8 Å². The topological polar surface area (TPSA) is 48.3 Å². The Morgan fingerprint density at radius 3 is 2.57 bits per heavy atom. The number of ether oxygens (including phenoxy) is 2. The second-order valence-electron chi connectivity index (χ2n) is 4.96. The van der Waals surface area contributed by atoms with Gasteiger partial charge in [0, 0.05) is 12.6 Å². The van der Waals surface area contributed by atoms with E-state index in [0.29, 0.717) is 0 Å². The maximum atomic E-state index is 5.53. The predicted octanol–water partition coefficient (Wildman–Crippen LogP) is 2.44. The monoisotopic (exact) mass is 289 g/mol. The lowest BCUT2D eigenvalue weighted by atomic mass is 9.99. The molecule has 0 aliphatic heterocycles. The summed E-state index contributed by atoms with van der Waals surface area (Å²) in [4.78, 5) is 0. The molecule has 5 nitrogen and oxygen atoms in total. The second-order valence-corrected chi connectivity index (χ2v) is 4.96. The molecule has 0 bridgehead atoms. The molecule has 1 aromatic heterocycles. The summed E-state index contributed by atoms with van der Waals surface area (Å²) in [6.07, 6.45) is 1.74. The molecule has 114 valence electrons. The van der Waals surface area contributed by atoms with Crippen molar-refractivity contribution >= 4 is 0 Å². The van der Waals surface area contributed by atoms with Crippen LogP contribution in [0.5, 0.6) is 11.5 Å². The van der Waals surface area contributed by atoms with Crippen molar-refractivity contribution in [2.75, 3.05) is 20.8 Å². The Morgan fingerprint density at radius 1 is 1.24 bits per heavy atom. The van der Waals surface area contributed by atoms with E-state index in [4.69, 9.17) is 9.47 Å². The lowest BCUT2D eigenvalue weighted by molar-refractivity contribution is 0.390. The van der Waals surface area contributed by atoms with Crippen molar-refractivity contribution in [3.8, 4) is 11.5 Å². The standard InChI is InChI=1S/C16H23N3O2/c1-6-17-15(16-14(21-5)10-18-19(16)3)12-9-11(2)7-8-13(12)20-4/h7-10,15,17H,6H2,1-5H3. The smallest absolute Gasteiger partial charge is 0.161 e. The summed E-state index contributed by atoms with van der Waals surface area (Å²) in [7, 11) is 5.28. The summed E-state index contributed by atoms with van der Waals surface area (Å²) in [5, 5.41) is 7.80. The number of hydrogen-bond acceptors (Lipinski definition) is 4. The van der Waals surface area contributed by atoms with Crippen molar-refractivity contribution in [2.45, 2.75) is 19.9 Å². The van der Waals surface area contributed by atoms with Gasteiger partial charge in [0.25, 0.3) is 0 Å². The first-order chi connectivity index (χ1) is 10.1. The molecule has 21 heavy (non-hydrogen) atoms. The van der Waals surface area contributed by atoms with E-state index in [2.05, 4.69) is 30.3 Å². The highest BCUT2D eigenvalue weighted by Gasteiger charge is 2.24. The average Bonchev–Trinajstić information content (AvgIpc) is 2.85. The molecule has 0 saturated carbocycles. The van der Waals surface area contributed by atoms with Gasteiger partial charge in [-0.25, -0.2) is 0 Å². The normalized spacial score (nSPS) is 12.2. The van der Waals surface area contributed by atoms with E-state index in [1.165, 1.54) is 5.56 Å². The van der Waals surface area contributed by atoms with Gasteiger partial charge in [-0.3, -0.25) is 4.68 Å². The van der Waals surface area contributed by atoms with Crippen LogP contribution in [0.1, 0.15) is 29.8 Å². The van der Waals surface area contributed by atoms with Crippen LogP contribution in [0, 0.1) is 6.92 Å². The molecule has 0 radical (unpaired) electrons. The van der Waals surface area contributed by atoms with E-state index in [1.807, 2.05) is 23.9 Å². The summed E-state index contributed by atoms with van der Waals surface area (Å²) in [5.41, 5.74) is 3.26. The number of hydrogen-bond donors (Lipinski definition) is 1. The number of benzene rings is 1. The molecular weight excluding hydrogens is 266 g/mol. The maximum absolute atomic E-state index is 5.53. The van der Waals surface area contributed by atoms with Crippen molar-refractivity contribution in [1.82, 2.24) is 15.1 Å². The SMILES string of the molecule is CCNC(c1cc(C)ccc1OC)c1c(OC)cnn1C. The predicted molar refractivity (Wildman–Crippen MR) is 83.0 cm³/mol. The lowest BCUT2D eigenvalue weighted by Crippen LogP contribution is -2.25. The third kappa shape index (κ3) is 3.03. The zero-order valence-corrected chi connectivity index (χ0v) is 13.3. The van der Waals surface area contributed by atoms with Gasteiger partial charge in [0.15, 0.2) is 5.75 Å². The van der Waals surface area contributed by atoms with Crippen LogP contribution >= 0.6 is 0 Å². The van der Waals surface area contributed by atoms with Crippen LogP contribution in [-0.2, 0) is 7.05 Å². The Bertz CT molecular complexity index is 608. The van der Waals surface area contributed by atoms with Crippen molar-refractivity contribution in [3.05, 3.63) is 41.2 Å². The fraction of sp³-hybridized carbons (Fsp3) is 0.438. The zero-order valence-electron chi connectivity index (χ0n) is 13.3. The van der Waals surface area contributed by atoms with E-state index >= 15 is 0 Å². The first-order valence-corrected chi connectivity index (χ1v) is 7.06. The van der Waals surface area contributed by atoms with Crippen LogP contribution in [0.2, 0.25) is 0 Å². The molecule has 1 aromatic carbocycles.